The molecule has 4 N–H and O–H groups in total. The minimum Gasteiger partial charge on any atom is -0.493 e. The predicted molar refractivity (Wildman–Crippen MR) is 177 cm³/mol. The van der Waals surface area contributed by atoms with Crippen molar-refractivity contribution in [1.29, 1.82) is 0 Å². The number of ether oxygens (including phenoxy) is 2. The van der Waals surface area contributed by atoms with Gasteiger partial charge in [0.1, 0.15) is 28.5 Å². The van der Waals surface area contributed by atoms with Crippen molar-refractivity contribution in [3.05, 3.63) is 84.6 Å². The second-order valence-electron chi connectivity index (χ2n) is 12.5. The topological polar surface area (TPSA) is 136 Å². The van der Waals surface area contributed by atoms with E-state index in [-0.39, 0.29) is 17.2 Å². The van der Waals surface area contributed by atoms with Crippen LogP contribution < -0.4 is 25.8 Å². The van der Waals surface area contributed by atoms with Gasteiger partial charge in [-0.3, -0.25) is 19.4 Å². The number of likely N-dealkylation sites (tertiary alicyclic amines) is 1. The van der Waals surface area contributed by atoms with E-state index in [9.17, 15) is 18.8 Å². The molecule has 0 spiro atoms. The molecule has 0 unspecified atom stereocenters. The Balaban J connectivity index is 1.00. The van der Waals surface area contributed by atoms with Crippen molar-refractivity contribution in [2.45, 2.75) is 38.6 Å². The predicted octanol–water partition coefficient (Wildman–Crippen LogP) is 5.67. The first-order valence-corrected chi connectivity index (χ1v) is 16.0. The Hall–Kier alpha value is -4.94. The number of hydrogen-bond donors (Lipinski definition) is 3. The Morgan fingerprint density at radius 1 is 0.958 bits per heavy atom. The summed E-state index contributed by atoms with van der Waals surface area (Å²) in [5.41, 5.74) is 5.55. The molecular formula is C36H37F2N5O5. The van der Waals surface area contributed by atoms with Crippen molar-refractivity contribution in [2.24, 2.45) is 17.1 Å². The normalized spacial score (nSPS) is 16.1. The van der Waals surface area contributed by atoms with Gasteiger partial charge in [0.15, 0.2) is 11.6 Å². The summed E-state index contributed by atoms with van der Waals surface area (Å²) in [6.45, 7) is 4.94. The number of rotatable bonds is 14. The highest BCUT2D eigenvalue weighted by atomic mass is 19.1. The summed E-state index contributed by atoms with van der Waals surface area (Å²) in [5.74, 6) is -0.692. The molecule has 1 aliphatic carbocycles. The van der Waals surface area contributed by atoms with Gasteiger partial charge >= 0.3 is 0 Å². The highest BCUT2D eigenvalue weighted by molar-refractivity contribution is 6.16. The smallest absolute Gasteiger partial charge is 0.240 e. The second-order valence-corrected chi connectivity index (χ2v) is 12.5. The highest BCUT2D eigenvalue weighted by Crippen LogP contribution is 2.47. The van der Waals surface area contributed by atoms with Crippen LogP contribution in [0.4, 0.5) is 20.2 Å². The number of benzene rings is 3. The van der Waals surface area contributed by atoms with Crippen LogP contribution in [0, 0.1) is 23.0 Å². The van der Waals surface area contributed by atoms with Crippen LogP contribution in [-0.4, -0.2) is 59.8 Å². The maximum absolute atomic E-state index is 15.2. The number of pyridine rings is 1. The molecule has 4 aromatic rings. The zero-order valence-electron chi connectivity index (χ0n) is 26.5. The number of carbonyl (C=O) groups excluding carboxylic acids is 3. The lowest BCUT2D eigenvalue weighted by Crippen LogP contribution is -2.48. The fourth-order valence-electron chi connectivity index (χ4n) is 5.71. The quantitative estimate of drug-likeness (QED) is 0.117. The number of aromatic nitrogens is 1. The number of nitrogens with one attached hydrogen (secondary N) is 2. The molecule has 1 aromatic heterocycles. The number of fused-ring (bicyclic) bond motifs is 1. The Kier molecular flexibility index (Phi) is 9.65. The van der Waals surface area contributed by atoms with Gasteiger partial charge in [0.05, 0.1) is 18.2 Å². The first-order chi connectivity index (χ1) is 23.1. The molecule has 6 rings (SSSR count). The molecule has 0 bridgehead atoms. The van der Waals surface area contributed by atoms with Gasteiger partial charge in [-0.1, -0.05) is 0 Å². The van der Waals surface area contributed by atoms with Crippen LogP contribution in [0.5, 0.6) is 17.2 Å². The van der Waals surface area contributed by atoms with Crippen molar-refractivity contribution in [2.75, 3.05) is 36.9 Å². The van der Waals surface area contributed by atoms with Crippen LogP contribution in [0.3, 0.4) is 0 Å². The van der Waals surface area contributed by atoms with Crippen molar-refractivity contribution < 1.29 is 32.6 Å². The molecule has 1 saturated carbocycles. The van der Waals surface area contributed by atoms with Crippen LogP contribution in [0.25, 0.3) is 10.9 Å². The fourth-order valence-corrected chi connectivity index (χ4v) is 5.71. The van der Waals surface area contributed by atoms with E-state index >= 15 is 4.39 Å². The number of anilines is 2. The number of ketones is 1. The lowest BCUT2D eigenvalue weighted by atomic mass is 9.92. The second kappa shape index (κ2) is 14.0. The summed E-state index contributed by atoms with van der Waals surface area (Å²) in [5, 5.41) is 5.95. The van der Waals surface area contributed by atoms with E-state index in [1.54, 1.807) is 31.3 Å². The SMILES string of the molecule is C[C@@H](N)C(=O)CC1CN(CCCOc2ccc3c(Oc4ccc(NC(=O)C5(C(=O)Nc6ccc(F)cc6)CC5)cc4F)ccnc3c2)C1. The molecule has 250 valence electrons. The van der Waals surface area contributed by atoms with Gasteiger partial charge < -0.3 is 30.7 Å². The minimum atomic E-state index is -1.27. The third-order valence-corrected chi connectivity index (χ3v) is 8.72. The summed E-state index contributed by atoms with van der Waals surface area (Å²) in [6, 6.07) is 16.0. The number of nitrogens with two attached hydrogens (primary N) is 1. The third kappa shape index (κ3) is 7.61. The molecule has 3 aromatic carbocycles. The van der Waals surface area contributed by atoms with Gasteiger partial charge in [0.25, 0.3) is 0 Å². The maximum atomic E-state index is 15.2. The maximum Gasteiger partial charge on any atom is 0.240 e. The van der Waals surface area contributed by atoms with E-state index < -0.39 is 34.9 Å². The van der Waals surface area contributed by atoms with Crippen molar-refractivity contribution in [1.82, 2.24) is 9.88 Å². The molecule has 2 fully saturated rings. The average Bonchev–Trinajstić information content (AvgIpc) is 3.86. The van der Waals surface area contributed by atoms with Gasteiger partial charge in [-0.15, -0.1) is 0 Å². The number of halogens is 2. The molecule has 1 saturated heterocycles. The van der Waals surface area contributed by atoms with E-state index in [1.165, 1.54) is 36.4 Å². The van der Waals surface area contributed by atoms with Crippen molar-refractivity contribution in [3.8, 4) is 17.2 Å². The number of nitrogens with zero attached hydrogens (tertiary/aromatic N) is 2. The Morgan fingerprint density at radius 2 is 1.67 bits per heavy atom. The summed E-state index contributed by atoms with van der Waals surface area (Å²) < 4.78 is 40.2. The van der Waals surface area contributed by atoms with Crippen LogP contribution in [0.15, 0.2) is 72.9 Å². The molecular weight excluding hydrogens is 620 g/mol. The number of Topliss-reactive ketones (excluding diaryl/α,β-unsaturated/α-hetero) is 1. The van der Waals surface area contributed by atoms with Crippen LogP contribution in [-0.2, 0) is 14.4 Å². The lowest BCUT2D eigenvalue weighted by molar-refractivity contribution is -0.131. The molecule has 1 atom stereocenters. The van der Waals surface area contributed by atoms with E-state index in [1.807, 2.05) is 6.07 Å². The summed E-state index contributed by atoms with van der Waals surface area (Å²) >= 11 is 0. The van der Waals surface area contributed by atoms with Gasteiger partial charge in [-0.25, -0.2) is 8.78 Å². The zero-order chi connectivity index (χ0) is 33.8. The van der Waals surface area contributed by atoms with Gasteiger partial charge in [0, 0.05) is 61.1 Å². The molecule has 12 heteroatoms. The Morgan fingerprint density at radius 3 is 2.35 bits per heavy atom. The molecule has 1 aliphatic heterocycles. The zero-order valence-corrected chi connectivity index (χ0v) is 26.5. The van der Waals surface area contributed by atoms with Crippen LogP contribution in [0.2, 0.25) is 0 Å². The van der Waals surface area contributed by atoms with Gasteiger partial charge in [-0.2, -0.15) is 0 Å². The number of hydrogen-bond acceptors (Lipinski definition) is 8. The van der Waals surface area contributed by atoms with Crippen LogP contribution in [0.1, 0.15) is 32.6 Å². The largest absolute Gasteiger partial charge is 0.493 e. The van der Waals surface area contributed by atoms with E-state index in [4.69, 9.17) is 15.2 Å². The first-order valence-electron chi connectivity index (χ1n) is 16.0. The fraction of sp³-hybridized carbons (Fsp3) is 0.333. The van der Waals surface area contributed by atoms with Gasteiger partial charge in [0.2, 0.25) is 11.8 Å². The highest BCUT2D eigenvalue weighted by Gasteiger charge is 2.56. The Labute approximate surface area is 276 Å². The standard InChI is InChI=1S/C36H37F2N5O5/c1-22(39)31(44)17-23-20-43(21-23)15-2-16-47-27-8-9-28-30(19-27)40-14-11-32(28)48-33-10-7-26(18-29(33)38)42-35(46)36(12-13-36)34(45)41-25-5-3-24(37)4-6-25/h3-11,14,18-19,22-23H,2,12-13,15-17,20-21,39H2,1H3,(H,41,45)(H,42,46)/t22-/m1/s1. The molecule has 2 heterocycles. The summed E-state index contributed by atoms with van der Waals surface area (Å²) in [6.07, 6.45) is 3.63. The minimum absolute atomic E-state index is 0.0499. The molecule has 2 aliphatic rings. The lowest BCUT2D eigenvalue weighted by Gasteiger charge is -2.39. The molecule has 2 amide bonds. The van der Waals surface area contributed by atoms with E-state index in [0.717, 1.165) is 32.1 Å². The first kappa shape index (κ1) is 33.0. The molecule has 0 radical (unpaired) electrons. The van der Waals surface area contributed by atoms with Crippen LogP contribution >= 0.6 is 0 Å². The average molecular weight is 658 g/mol. The number of carbonyl (C=O) groups is 3. The van der Waals surface area contributed by atoms with Crippen molar-refractivity contribution >= 4 is 39.9 Å². The summed E-state index contributed by atoms with van der Waals surface area (Å²) in [4.78, 5) is 44.4. The third-order valence-electron chi connectivity index (χ3n) is 8.72. The van der Waals surface area contributed by atoms with E-state index in [2.05, 4.69) is 20.5 Å². The molecule has 48 heavy (non-hydrogen) atoms. The van der Waals surface area contributed by atoms with Crippen molar-refractivity contribution in [3.63, 3.8) is 0 Å². The van der Waals surface area contributed by atoms with E-state index in [0.29, 0.717) is 59.9 Å². The van der Waals surface area contributed by atoms with Gasteiger partial charge in [-0.05, 0) is 86.7 Å². The monoisotopic (exact) mass is 657 g/mol. The Bertz CT molecular complexity index is 1820. The number of amides is 2. The summed E-state index contributed by atoms with van der Waals surface area (Å²) in [7, 11) is 0. The molecule has 10 nitrogen and oxygen atoms in total.